The third-order valence-electron chi connectivity index (χ3n) is 3.36. The standard InChI is InChI=1S/C16H18Cl2N2O3/c17-6-9-20(10-7-18)8-5-15(21)19-13-2-3-14-12(11-13)1-4-16(22)23-14/h1-4,11H,5-10H2,(H,19,21). The molecule has 0 bridgehead atoms. The quantitative estimate of drug-likeness (QED) is 0.583. The zero-order chi connectivity index (χ0) is 16.7. The van der Waals surface area contributed by atoms with Crippen molar-refractivity contribution in [2.24, 2.45) is 0 Å². The highest BCUT2D eigenvalue weighted by Gasteiger charge is 2.08. The van der Waals surface area contributed by atoms with E-state index in [0.29, 0.717) is 49.1 Å². The van der Waals surface area contributed by atoms with Crippen LogP contribution >= 0.6 is 23.2 Å². The second-order valence-corrected chi connectivity index (χ2v) is 5.78. The molecule has 1 aromatic carbocycles. The van der Waals surface area contributed by atoms with Gasteiger partial charge in [-0.25, -0.2) is 4.79 Å². The Kier molecular flexibility index (Phi) is 6.89. The van der Waals surface area contributed by atoms with Crippen molar-refractivity contribution in [3.8, 4) is 0 Å². The Morgan fingerprint density at radius 2 is 1.83 bits per heavy atom. The molecule has 0 fully saturated rings. The first kappa shape index (κ1) is 17.8. The maximum atomic E-state index is 12.0. The van der Waals surface area contributed by atoms with Gasteiger partial charge in [-0.15, -0.1) is 23.2 Å². The molecule has 0 saturated carbocycles. The number of carbonyl (C=O) groups excluding carboxylic acids is 1. The topological polar surface area (TPSA) is 62.6 Å². The number of amides is 1. The maximum Gasteiger partial charge on any atom is 0.336 e. The minimum atomic E-state index is -0.395. The van der Waals surface area contributed by atoms with Crippen LogP contribution in [-0.2, 0) is 4.79 Å². The lowest BCUT2D eigenvalue weighted by molar-refractivity contribution is -0.116. The zero-order valence-electron chi connectivity index (χ0n) is 12.6. The lowest BCUT2D eigenvalue weighted by Crippen LogP contribution is -2.31. The molecule has 5 nitrogen and oxygen atoms in total. The fourth-order valence-electron chi connectivity index (χ4n) is 2.21. The normalized spacial score (nSPS) is 11.1. The van der Waals surface area contributed by atoms with Crippen LogP contribution in [0.25, 0.3) is 11.0 Å². The van der Waals surface area contributed by atoms with Gasteiger partial charge in [-0.2, -0.15) is 0 Å². The molecule has 0 aliphatic heterocycles. The first-order chi connectivity index (χ1) is 11.1. The average Bonchev–Trinajstić information content (AvgIpc) is 2.53. The number of hydrogen-bond acceptors (Lipinski definition) is 4. The number of fused-ring (bicyclic) bond motifs is 1. The van der Waals surface area contributed by atoms with Gasteiger partial charge < -0.3 is 14.6 Å². The van der Waals surface area contributed by atoms with Gasteiger partial charge in [-0.3, -0.25) is 4.79 Å². The molecule has 0 saturated heterocycles. The summed E-state index contributed by atoms with van der Waals surface area (Å²) < 4.78 is 5.05. The molecular weight excluding hydrogens is 339 g/mol. The molecule has 1 aromatic heterocycles. The van der Waals surface area contributed by atoms with Crippen molar-refractivity contribution in [3.63, 3.8) is 0 Å². The highest BCUT2D eigenvalue weighted by molar-refractivity contribution is 6.18. The minimum absolute atomic E-state index is 0.0871. The van der Waals surface area contributed by atoms with Crippen molar-refractivity contribution < 1.29 is 9.21 Å². The van der Waals surface area contributed by atoms with Gasteiger partial charge in [-0.05, 0) is 24.3 Å². The first-order valence-electron chi connectivity index (χ1n) is 7.30. The summed E-state index contributed by atoms with van der Waals surface area (Å²) in [4.78, 5) is 25.2. The van der Waals surface area contributed by atoms with E-state index >= 15 is 0 Å². The van der Waals surface area contributed by atoms with Crippen LogP contribution in [0.15, 0.2) is 39.5 Å². The van der Waals surface area contributed by atoms with Crippen LogP contribution in [0.3, 0.4) is 0 Å². The fourth-order valence-corrected chi connectivity index (χ4v) is 2.69. The third kappa shape index (κ3) is 5.53. The lowest BCUT2D eigenvalue weighted by Gasteiger charge is -2.19. The molecule has 0 spiro atoms. The van der Waals surface area contributed by atoms with Gasteiger partial charge in [0, 0.05) is 55.0 Å². The largest absolute Gasteiger partial charge is 0.423 e. The number of nitrogens with zero attached hydrogens (tertiary/aromatic N) is 1. The molecule has 2 rings (SSSR count). The van der Waals surface area contributed by atoms with Crippen LogP contribution in [-0.4, -0.2) is 42.2 Å². The summed E-state index contributed by atoms with van der Waals surface area (Å²) in [5.74, 6) is 0.929. The Morgan fingerprint density at radius 3 is 2.52 bits per heavy atom. The van der Waals surface area contributed by atoms with Crippen LogP contribution in [0.1, 0.15) is 6.42 Å². The van der Waals surface area contributed by atoms with E-state index in [2.05, 4.69) is 10.2 Å². The fraction of sp³-hybridized carbons (Fsp3) is 0.375. The number of carbonyl (C=O) groups is 1. The van der Waals surface area contributed by atoms with Crippen molar-refractivity contribution in [2.45, 2.75) is 6.42 Å². The molecule has 7 heteroatoms. The predicted octanol–water partition coefficient (Wildman–Crippen LogP) is 2.90. The van der Waals surface area contributed by atoms with Crippen molar-refractivity contribution in [1.82, 2.24) is 4.90 Å². The summed E-state index contributed by atoms with van der Waals surface area (Å²) in [5, 5.41) is 3.59. The van der Waals surface area contributed by atoms with Gasteiger partial charge in [0.25, 0.3) is 0 Å². The maximum absolute atomic E-state index is 12.0. The number of halogens is 2. The van der Waals surface area contributed by atoms with E-state index in [1.165, 1.54) is 6.07 Å². The van der Waals surface area contributed by atoms with Gasteiger partial charge in [0.15, 0.2) is 0 Å². The number of hydrogen-bond donors (Lipinski definition) is 1. The number of alkyl halides is 2. The Labute approximate surface area is 144 Å². The Hall–Kier alpha value is -1.56. The van der Waals surface area contributed by atoms with Crippen molar-refractivity contribution in [1.29, 1.82) is 0 Å². The van der Waals surface area contributed by atoms with Gasteiger partial charge in [0.1, 0.15) is 5.58 Å². The van der Waals surface area contributed by atoms with Gasteiger partial charge in [0.2, 0.25) is 5.91 Å². The Morgan fingerprint density at radius 1 is 1.09 bits per heavy atom. The highest BCUT2D eigenvalue weighted by Crippen LogP contribution is 2.17. The second-order valence-electron chi connectivity index (χ2n) is 5.02. The SMILES string of the molecule is O=C(CCN(CCCl)CCCl)Nc1ccc2oc(=O)ccc2c1. The van der Waals surface area contributed by atoms with Gasteiger partial charge in [-0.1, -0.05) is 0 Å². The highest BCUT2D eigenvalue weighted by atomic mass is 35.5. The molecule has 1 N–H and O–H groups in total. The van der Waals surface area contributed by atoms with Crippen LogP contribution in [0.2, 0.25) is 0 Å². The Balaban J connectivity index is 1.94. The van der Waals surface area contributed by atoms with E-state index in [1.54, 1.807) is 24.3 Å². The summed E-state index contributed by atoms with van der Waals surface area (Å²) in [6, 6.07) is 8.16. The minimum Gasteiger partial charge on any atom is -0.423 e. The van der Waals surface area contributed by atoms with E-state index in [-0.39, 0.29) is 5.91 Å². The molecule has 0 aliphatic rings. The molecule has 0 atom stereocenters. The lowest BCUT2D eigenvalue weighted by atomic mass is 10.2. The number of benzene rings is 1. The molecule has 0 unspecified atom stereocenters. The van der Waals surface area contributed by atoms with E-state index < -0.39 is 5.63 Å². The van der Waals surface area contributed by atoms with Gasteiger partial charge in [0.05, 0.1) is 0 Å². The van der Waals surface area contributed by atoms with Crippen LogP contribution < -0.4 is 10.9 Å². The smallest absolute Gasteiger partial charge is 0.336 e. The molecule has 1 heterocycles. The zero-order valence-corrected chi connectivity index (χ0v) is 14.1. The van der Waals surface area contributed by atoms with Crippen molar-refractivity contribution in [3.05, 3.63) is 40.8 Å². The number of rotatable bonds is 8. The molecule has 0 radical (unpaired) electrons. The summed E-state index contributed by atoms with van der Waals surface area (Å²) in [7, 11) is 0. The molecular formula is C16H18Cl2N2O3. The molecule has 2 aromatic rings. The number of anilines is 1. The third-order valence-corrected chi connectivity index (χ3v) is 3.70. The van der Waals surface area contributed by atoms with Crippen LogP contribution in [0, 0.1) is 0 Å². The van der Waals surface area contributed by atoms with E-state index in [0.717, 1.165) is 5.39 Å². The summed E-state index contributed by atoms with van der Waals surface area (Å²) in [6.45, 7) is 2.01. The number of nitrogens with one attached hydrogen (secondary N) is 1. The van der Waals surface area contributed by atoms with Crippen molar-refractivity contribution in [2.75, 3.05) is 36.7 Å². The van der Waals surface area contributed by atoms with Crippen molar-refractivity contribution >= 4 is 45.8 Å². The van der Waals surface area contributed by atoms with Crippen LogP contribution in [0.5, 0.6) is 0 Å². The molecule has 23 heavy (non-hydrogen) atoms. The molecule has 1 amide bonds. The van der Waals surface area contributed by atoms with E-state index in [9.17, 15) is 9.59 Å². The summed E-state index contributed by atoms with van der Waals surface area (Å²) >= 11 is 11.5. The van der Waals surface area contributed by atoms with Gasteiger partial charge >= 0.3 is 5.63 Å². The Bertz CT molecular complexity index is 712. The monoisotopic (exact) mass is 356 g/mol. The summed E-state index contributed by atoms with van der Waals surface area (Å²) in [5.41, 5.74) is 0.761. The second kappa shape index (κ2) is 8.91. The van der Waals surface area contributed by atoms with E-state index in [4.69, 9.17) is 27.6 Å². The summed E-state index contributed by atoms with van der Waals surface area (Å²) in [6.07, 6.45) is 0.357. The molecule has 124 valence electrons. The average molecular weight is 357 g/mol. The predicted molar refractivity (Wildman–Crippen MR) is 93.6 cm³/mol. The first-order valence-corrected chi connectivity index (χ1v) is 8.37. The molecule has 0 aliphatic carbocycles. The van der Waals surface area contributed by atoms with E-state index in [1.807, 2.05) is 0 Å². The van der Waals surface area contributed by atoms with Crippen LogP contribution in [0.4, 0.5) is 5.69 Å².